The monoisotopic (exact) mass is 338 g/mol. The van der Waals surface area contributed by atoms with Crippen LogP contribution in [0.3, 0.4) is 0 Å². The Balaban J connectivity index is 2.97. The Morgan fingerprint density at radius 2 is 0.917 bits per heavy atom. The molecule has 0 aromatic heterocycles. The summed E-state index contributed by atoms with van der Waals surface area (Å²) in [5.74, 6) is 0. The summed E-state index contributed by atoms with van der Waals surface area (Å²) >= 11 is 0. The van der Waals surface area contributed by atoms with Gasteiger partial charge in [0.25, 0.3) is 0 Å². The summed E-state index contributed by atoms with van der Waals surface area (Å²) in [5.41, 5.74) is 1.13. The maximum atomic E-state index is 5.52. The van der Waals surface area contributed by atoms with Crippen LogP contribution in [0, 0.1) is 0 Å². The maximum absolute atomic E-state index is 5.52. The van der Waals surface area contributed by atoms with Gasteiger partial charge in [-0.15, -0.1) is 0 Å². The number of ether oxygens (including phenoxy) is 1. The molecule has 0 aliphatic rings. The molecular weight excluding hydrogens is 292 g/mol. The molecule has 0 unspecified atom stereocenters. The molecule has 24 heavy (non-hydrogen) atoms. The lowest BCUT2D eigenvalue weighted by Gasteiger charge is -2.04. The Morgan fingerprint density at radius 3 is 1.25 bits per heavy atom. The van der Waals surface area contributed by atoms with Crippen molar-refractivity contribution in [1.82, 2.24) is 0 Å². The predicted octanol–water partition coefficient (Wildman–Crippen LogP) is 8.23. The molecule has 0 fully saturated rings. The fourth-order valence-corrected chi connectivity index (χ4v) is 3.18. The molecule has 0 bridgehead atoms. The summed E-state index contributed by atoms with van der Waals surface area (Å²) in [6.07, 6.45) is 24.2. The summed E-state index contributed by atoms with van der Waals surface area (Å²) in [4.78, 5) is 0. The van der Waals surface area contributed by atoms with Gasteiger partial charge in [-0.1, -0.05) is 122 Å². The van der Waals surface area contributed by atoms with Gasteiger partial charge < -0.3 is 4.74 Å². The summed E-state index contributed by atoms with van der Waals surface area (Å²) in [6.45, 7) is 9.81. The molecule has 0 aromatic rings. The van der Waals surface area contributed by atoms with Crippen LogP contribution < -0.4 is 0 Å². The minimum absolute atomic E-state index is 0.735. The van der Waals surface area contributed by atoms with E-state index >= 15 is 0 Å². The van der Waals surface area contributed by atoms with Gasteiger partial charge in [0, 0.05) is 6.61 Å². The number of hydrogen-bond donors (Lipinski definition) is 0. The number of unbranched alkanes of at least 4 members (excludes halogenated alkanes) is 16. The van der Waals surface area contributed by atoms with Gasteiger partial charge in [0.05, 0.1) is 6.61 Å². The highest BCUT2D eigenvalue weighted by molar-refractivity contribution is 4.87. The lowest BCUT2D eigenvalue weighted by Crippen LogP contribution is -1.97. The first kappa shape index (κ1) is 23.7. The number of rotatable bonds is 20. The van der Waals surface area contributed by atoms with E-state index in [9.17, 15) is 0 Å². The zero-order chi connectivity index (χ0) is 17.7. The molecule has 0 saturated carbocycles. The Labute approximate surface area is 153 Å². The van der Waals surface area contributed by atoms with Crippen LogP contribution >= 0.6 is 0 Å². The van der Waals surface area contributed by atoms with E-state index in [-0.39, 0.29) is 0 Å². The maximum Gasteiger partial charge on any atom is 0.0671 e. The molecule has 0 radical (unpaired) electrons. The highest BCUT2D eigenvalue weighted by Crippen LogP contribution is 2.14. The van der Waals surface area contributed by atoms with Gasteiger partial charge in [0.1, 0.15) is 0 Å². The molecule has 1 nitrogen and oxygen atoms in total. The van der Waals surface area contributed by atoms with Crippen molar-refractivity contribution in [2.24, 2.45) is 0 Å². The quantitative estimate of drug-likeness (QED) is 0.160. The molecule has 0 N–H and O–H groups in total. The Bertz CT molecular complexity index is 246. The van der Waals surface area contributed by atoms with E-state index in [0.717, 1.165) is 18.8 Å². The second-order valence-electron chi connectivity index (χ2n) is 7.67. The highest BCUT2D eigenvalue weighted by Gasteiger charge is 1.95. The first-order valence-electron chi connectivity index (χ1n) is 11.0. The van der Waals surface area contributed by atoms with Crippen LogP contribution in [-0.4, -0.2) is 13.2 Å². The van der Waals surface area contributed by atoms with Crippen molar-refractivity contribution < 1.29 is 4.74 Å². The predicted molar refractivity (Wildman–Crippen MR) is 110 cm³/mol. The van der Waals surface area contributed by atoms with Gasteiger partial charge in [-0.25, -0.2) is 0 Å². The average Bonchev–Trinajstić information content (AvgIpc) is 2.56. The number of hydrogen-bond acceptors (Lipinski definition) is 1. The minimum atomic E-state index is 0.735. The van der Waals surface area contributed by atoms with Crippen LogP contribution in [0.15, 0.2) is 12.2 Å². The second-order valence-corrected chi connectivity index (χ2v) is 7.67. The molecule has 0 spiro atoms. The lowest BCUT2D eigenvalue weighted by atomic mass is 10.0. The first-order valence-corrected chi connectivity index (χ1v) is 11.0. The van der Waals surface area contributed by atoms with E-state index in [1.165, 1.54) is 109 Å². The Hall–Kier alpha value is -0.300. The largest absolute Gasteiger partial charge is 0.377 e. The van der Waals surface area contributed by atoms with Crippen molar-refractivity contribution in [3.63, 3.8) is 0 Å². The summed E-state index contributed by atoms with van der Waals surface area (Å²) in [7, 11) is 0. The third-order valence-electron chi connectivity index (χ3n) is 4.74. The SMILES string of the molecule is C=C(C)COCCCCCCCCCCCCCCCCCCC. The van der Waals surface area contributed by atoms with Gasteiger partial charge in [0.15, 0.2) is 0 Å². The zero-order valence-electron chi connectivity index (χ0n) is 17.1. The average molecular weight is 339 g/mol. The van der Waals surface area contributed by atoms with E-state index in [4.69, 9.17) is 4.74 Å². The molecule has 144 valence electrons. The van der Waals surface area contributed by atoms with Gasteiger partial charge in [0.2, 0.25) is 0 Å². The van der Waals surface area contributed by atoms with Crippen LogP contribution in [0.5, 0.6) is 0 Å². The molecule has 0 aromatic carbocycles. The molecular formula is C23H46O. The van der Waals surface area contributed by atoms with E-state index in [1.54, 1.807) is 0 Å². The topological polar surface area (TPSA) is 9.23 Å². The van der Waals surface area contributed by atoms with Crippen molar-refractivity contribution in [3.8, 4) is 0 Å². The summed E-state index contributed by atoms with van der Waals surface area (Å²) in [6, 6.07) is 0. The lowest BCUT2D eigenvalue weighted by molar-refractivity contribution is 0.151. The smallest absolute Gasteiger partial charge is 0.0671 e. The summed E-state index contributed by atoms with van der Waals surface area (Å²) < 4.78 is 5.52. The third kappa shape index (κ3) is 21.7. The van der Waals surface area contributed by atoms with Crippen molar-refractivity contribution in [3.05, 3.63) is 12.2 Å². The van der Waals surface area contributed by atoms with Crippen LogP contribution in [0.2, 0.25) is 0 Å². The molecule has 0 aliphatic heterocycles. The van der Waals surface area contributed by atoms with Crippen LogP contribution in [0.1, 0.15) is 123 Å². The van der Waals surface area contributed by atoms with Crippen molar-refractivity contribution in [2.75, 3.05) is 13.2 Å². The fourth-order valence-electron chi connectivity index (χ4n) is 3.18. The van der Waals surface area contributed by atoms with Gasteiger partial charge in [-0.2, -0.15) is 0 Å². The van der Waals surface area contributed by atoms with Crippen molar-refractivity contribution in [2.45, 2.75) is 123 Å². The van der Waals surface area contributed by atoms with Gasteiger partial charge >= 0.3 is 0 Å². The van der Waals surface area contributed by atoms with Crippen molar-refractivity contribution >= 4 is 0 Å². The molecule has 1 heteroatoms. The molecule has 0 amide bonds. The van der Waals surface area contributed by atoms with E-state index < -0.39 is 0 Å². The van der Waals surface area contributed by atoms with E-state index in [2.05, 4.69) is 13.5 Å². The van der Waals surface area contributed by atoms with Crippen LogP contribution in [0.25, 0.3) is 0 Å². The Morgan fingerprint density at radius 1 is 0.583 bits per heavy atom. The molecule has 0 saturated heterocycles. The third-order valence-corrected chi connectivity index (χ3v) is 4.74. The highest BCUT2D eigenvalue weighted by atomic mass is 16.5. The normalized spacial score (nSPS) is 11.1. The second kappa shape index (κ2) is 20.7. The van der Waals surface area contributed by atoms with Gasteiger partial charge in [-0.05, 0) is 13.3 Å². The van der Waals surface area contributed by atoms with Crippen LogP contribution in [0.4, 0.5) is 0 Å². The first-order chi connectivity index (χ1) is 11.8. The van der Waals surface area contributed by atoms with E-state index in [0.29, 0.717) is 0 Å². The Kier molecular flexibility index (Phi) is 20.5. The van der Waals surface area contributed by atoms with Gasteiger partial charge in [-0.3, -0.25) is 0 Å². The summed E-state index contributed by atoms with van der Waals surface area (Å²) in [5, 5.41) is 0. The van der Waals surface area contributed by atoms with E-state index in [1.807, 2.05) is 6.92 Å². The molecule has 0 heterocycles. The fraction of sp³-hybridized carbons (Fsp3) is 0.913. The minimum Gasteiger partial charge on any atom is -0.377 e. The molecule has 0 atom stereocenters. The standard InChI is InChI=1S/C23H46O/c1-4-5-6-7-8-9-10-11-12-13-14-15-16-17-18-19-20-21-24-22-23(2)3/h2,4-22H2,1,3H3. The molecule has 0 aliphatic carbocycles. The van der Waals surface area contributed by atoms with Crippen LogP contribution in [-0.2, 0) is 4.74 Å². The zero-order valence-corrected chi connectivity index (χ0v) is 17.1. The van der Waals surface area contributed by atoms with Crippen molar-refractivity contribution in [1.29, 1.82) is 0 Å². The molecule has 0 rings (SSSR count).